The fourth-order valence-corrected chi connectivity index (χ4v) is 6.95. The van der Waals surface area contributed by atoms with Gasteiger partial charge in [-0.2, -0.15) is 0 Å². The van der Waals surface area contributed by atoms with E-state index in [1.54, 1.807) is 114 Å². The van der Waals surface area contributed by atoms with Gasteiger partial charge in [-0.15, -0.1) is 26.3 Å². The summed E-state index contributed by atoms with van der Waals surface area (Å²) in [7, 11) is 0. The SMILES string of the molecule is C=C[C@@H]1C[C@@]1(C=O)NC(=O)OC(C)(C)C.C=C[C@@H]1C[C@@]1(CO)NC(=O)OC(C)(C)C.C=C[C@@H]1C[C@]1(NC(=O)OC(C)(C)C)C(=O)OCC.C=C[C@@H]1C[C@]1(NC(=O)OC(C)(C)C)C(O)C(=O)NC(C)(C)C. The molecule has 0 aromatic carbocycles. The number of aliphatic hydroxyl groups excluding tert-OH is 2. The van der Waals surface area contributed by atoms with E-state index in [1.807, 2.05) is 20.8 Å². The monoisotopic (exact) mass is 992 g/mol. The van der Waals surface area contributed by atoms with Gasteiger partial charge >= 0.3 is 30.3 Å². The predicted molar refractivity (Wildman–Crippen MR) is 265 cm³/mol. The summed E-state index contributed by atoms with van der Waals surface area (Å²) in [5.41, 5.74) is -6.12. The molecule has 4 aliphatic rings. The minimum absolute atomic E-state index is 0.0301. The number of aldehydes is 1. The molecular formula is C51H85N5O14. The Morgan fingerprint density at radius 3 is 1.31 bits per heavy atom. The first-order chi connectivity index (χ1) is 31.7. The second-order valence-corrected chi connectivity index (χ2v) is 23.0. The predicted octanol–water partition coefficient (Wildman–Crippen LogP) is 6.85. The van der Waals surface area contributed by atoms with Crippen LogP contribution in [0.3, 0.4) is 0 Å². The van der Waals surface area contributed by atoms with Gasteiger partial charge < -0.3 is 65.3 Å². The van der Waals surface area contributed by atoms with Crippen molar-refractivity contribution >= 4 is 42.5 Å². The van der Waals surface area contributed by atoms with E-state index >= 15 is 0 Å². The second-order valence-electron chi connectivity index (χ2n) is 23.0. The van der Waals surface area contributed by atoms with Gasteiger partial charge in [0.15, 0.2) is 6.10 Å². The quantitative estimate of drug-likeness (QED) is 0.0406. The van der Waals surface area contributed by atoms with Gasteiger partial charge in [0.1, 0.15) is 39.8 Å². The molecule has 0 heterocycles. The molecule has 398 valence electrons. The van der Waals surface area contributed by atoms with Crippen molar-refractivity contribution in [3.8, 4) is 0 Å². The Kier molecular flexibility index (Phi) is 21.2. The highest BCUT2D eigenvalue weighted by Crippen LogP contribution is 2.48. The van der Waals surface area contributed by atoms with Crippen LogP contribution in [0.1, 0.15) is 136 Å². The first-order valence-electron chi connectivity index (χ1n) is 23.5. The average Bonchev–Trinajstić information content (AvgIpc) is 4.06. The summed E-state index contributed by atoms with van der Waals surface area (Å²) in [5, 5.41) is 32.8. The zero-order chi connectivity index (χ0) is 54.7. The Labute approximate surface area is 415 Å². The number of amides is 5. The topological polar surface area (TPSA) is 266 Å². The molecule has 0 aliphatic heterocycles. The fourth-order valence-electron chi connectivity index (χ4n) is 6.95. The van der Waals surface area contributed by atoms with Crippen LogP contribution < -0.4 is 26.6 Å². The van der Waals surface area contributed by atoms with E-state index in [-0.39, 0.29) is 36.9 Å². The Morgan fingerprint density at radius 2 is 1.00 bits per heavy atom. The fraction of sp³-hybridized carbons (Fsp3) is 0.706. The number of alkyl carbamates (subject to hydrolysis) is 4. The van der Waals surface area contributed by atoms with Crippen LogP contribution in [0, 0.1) is 23.7 Å². The molecule has 0 aromatic rings. The van der Waals surface area contributed by atoms with E-state index in [0.717, 1.165) is 12.7 Å². The lowest BCUT2D eigenvalue weighted by Crippen LogP contribution is -2.57. The maximum absolute atomic E-state index is 12.2. The lowest BCUT2D eigenvalue weighted by atomic mass is 10.0. The number of carbonyl (C=O) groups is 7. The molecule has 19 nitrogen and oxygen atoms in total. The van der Waals surface area contributed by atoms with E-state index in [2.05, 4.69) is 52.9 Å². The molecule has 5 amide bonds. The Bertz CT molecular complexity index is 1920. The van der Waals surface area contributed by atoms with Gasteiger partial charge in [0.05, 0.1) is 24.3 Å². The molecule has 0 radical (unpaired) electrons. The summed E-state index contributed by atoms with van der Waals surface area (Å²) in [4.78, 5) is 81.4. The number of ether oxygens (including phenoxy) is 5. The number of carbonyl (C=O) groups excluding carboxylic acids is 7. The highest BCUT2D eigenvalue weighted by atomic mass is 16.6. The molecule has 0 bridgehead atoms. The molecule has 4 fully saturated rings. The normalized spacial score (nSPS) is 27.4. The highest BCUT2D eigenvalue weighted by Gasteiger charge is 2.63. The lowest BCUT2D eigenvalue weighted by molar-refractivity contribution is -0.147. The maximum Gasteiger partial charge on any atom is 0.408 e. The van der Waals surface area contributed by atoms with Crippen LogP contribution in [-0.2, 0) is 38.1 Å². The van der Waals surface area contributed by atoms with Crippen molar-refractivity contribution in [3.05, 3.63) is 50.6 Å². The summed E-state index contributed by atoms with van der Waals surface area (Å²) in [6, 6.07) is 0. The molecule has 4 saturated carbocycles. The van der Waals surface area contributed by atoms with Crippen LogP contribution in [0.4, 0.5) is 19.2 Å². The number of nitrogens with one attached hydrogen (secondary N) is 5. The second kappa shape index (κ2) is 23.7. The molecule has 0 spiro atoms. The van der Waals surface area contributed by atoms with Crippen molar-refractivity contribution in [2.24, 2.45) is 23.7 Å². The van der Waals surface area contributed by atoms with Crippen LogP contribution in [0.15, 0.2) is 50.6 Å². The van der Waals surface area contributed by atoms with Crippen LogP contribution in [0.2, 0.25) is 0 Å². The molecule has 9 atom stereocenters. The highest BCUT2D eigenvalue weighted by molar-refractivity contribution is 5.90. The third kappa shape index (κ3) is 20.1. The Balaban J connectivity index is 0.000000472. The van der Waals surface area contributed by atoms with E-state index in [9.17, 15) is 43.8 Å². The van der Waals surface area contributed by atoms with Crippen LogP contribution in [0.5, 0.6) is 0 Å². The van der Waals surface area contributed by atoms with Crippen LogP contribution in [-0.4, -0.2) is 122 Å². The average molecular weight is 992 g/mol. The van der Waals surface area contributed by atoms with E-state index in [0.29, 0.717) is 19.3 Å². The Hall–Kier alpha value is -5.43. The molecule has 0 aromatic heterocycles. The zero-order valence-corrected chi connectivity index (χ0v) is 44.6. The van der Waals surface area contributed by atoms with Gasteiger partial charge in [-0.05, 0) is 136 Å². The zero-order valence-electron chi connectivity index (χ0n) is 44.6. The van der Waals surface area contributed by atoms with Crippen molar-refractivity contribution in [3.63, 3.8) is 0 Å². The standard InChI is InChI=1S/C16H28N2O4.C13H21NO4.C11H19NO3.C11H17NO3/c1-8-10-9-16(10,18-13(21)22-15(5,6)7)11(19)12(20)17-14(2,3)4;1-6-9-8-13(9,10(15)17-7-2)14-11(16)18-12(3,4)5;2*1-5-8-6-11(8,7-13)12-9(14)15-10(2,3)4/h8,10-11,19H,1,9H2,2-7H3,(H,17,20)(H,18,21);6,9H,1,7-8H2,2-5H3,(H,14,16);5,8,13H,1,6-7H2,2-4H3,(H,12,14);5,7-8H,1,6H2,2-4H3,(H,12,14)/t10-,11?,16-;9-,13-;2*8-,11+/m1111/s1. The summed E-state index contributed by atoms with van der Waals surface area (Å²) in [6.07, 6.45) is 6.08. The summed E-state index contributed by atoms with van der Waals surface area (Å²) >= 11 is 0. The third-order valence-corrected chi connectivity index (χ3v) is 10.7. The molecule has 70 heavy (non-hydrogen) atoms. The molecule has 7 N–H and O–H groups in total. The molecule has 4 aliphatic carbocycles. The van der Waals surface area contributed by atoms with Gasteiger partial charge in [0.25, 0.3) is 5.91 Å². The van der Waals surface area contributed by atoms with Crippen molar-refractivity contribution in [1.82, 2.24) is 26.6 Å². The van der Waals surface area contributed by atoms with Crippen LogP contribution >= 0.6 is 0 Å². The molecular weight excluding hydrogens is 907 g/mol. The number of rotatable bonds is 14. The molecule has 1 unspecified atom stereocenters. The molecule has 19 heteroatoms. The smallest absolute Gasteiger partial charge is 0.408 e. The minimum atomic E-state index is -1.36. The number of esters is 1. The van der Waals surface area contributed by atoms with Gasteiger partial charge in [-0.3, -0.25) is 4.79 Å². The van der Waals surface area contributed by atoms with E-state index < -0.39 is 92.5 Å². The van der Waals surface area contributed by atoms with E-state index in [4.69, 9.17) is 23.7 Å². The van der Waals surface area contributed by atoms with Gasteiger partial charge in [0, 0.05) is 29.2 Å². The summed E-state index contributed by atoms with van der Waals surface area (Å²) in [5.74, 6) is -1.03. The number of hydrogen-bond acceptors (Lipinski definition) is 14. The van der Waals surface area contributed by atoms with Crippen LogP contribution in [0.25, 0.3) is 0 Å². The lowest BCUT2D eigenvalue weighted by Gasteiger charge is -2.29. The largest absolute Gasteiger partial charge is 0.464 e. The minimum Gasteiger partial charge on any atom is -0.464 e. The van der Waals surface area contributed by atoms with Gasteiger partial charge in [-0.25, -0.2) is 24.0 Å². The van der Waals surface area contributed by atoms with Crippen molar-refractivity contribution < 1.29 is 67.5 Å². The molecule has 4 rings (SSSR count). The first kappa shape index (κ1) is 62.6. The van der Waals surface area contributed by atoms with Crippen molar-refractivity contribution in [2.45, 2.75) is 193 Å². The Morgan fingerprint density at radius 1 is 0.586 bits per heavy atom. The third-order valence-electron chi connectivity index (χ3n) is 10.7. The molecule has 0 saturated heterocycles. The number of aliphatic hydroxyl groups is 2. The summed E-state index contributed by atoms with van der Waals surface area (Å²) < 4.78 is 25.5. The van der Waals surface area contributed by atoms with E-state index in [1.165, 1.54) is 0 Å². The first-order valence-corrected chi connectivity index (χ1v) is 23.5. The van der Waals surface area contributed by atoms with Crippen molar-refractivity contribution in [2.75, 3.05) is 13.2 Å². The van der Waals surface area contributed by atoms with Gasteiger partial charge in [-0.1, -0.05) is 24.3 Å². The van der Waals surface area contributed by atoms with Crippen molar-refractivity contribution in [1.29, 1.82) is 0 Å². The maximum atomic E-state index is 12.2. The summed E-state index contributed by atoms with van der Waals surface area (Å²) in [6.45, 7) is 43.2. The van der Waals surface area contributed by atoms with Gasteiger partial charge in [0.2, 0.25) is 0 Å². The number of hydrogen-bond donors (Lipinski definition) is 7.